The van der Waals surface area contributed by atoms with Crippen LogP contribution in [-0.4, -0.2) is 15.8 Å². The first-order valence-electron chi connectivity index (χ1n) is 3.96. The van der Waals surface area contributed by atoms with Crippen molar-refractivity contribution in [2.24, 2.45) is 0 Å². The fraction of sp³-hybridized carbons (Fsp3) is 0.444. The van der Waals surface area contributed by atoms with Gasteiger partial charge >= 0.3 is 0 Å². The molecule has 0 fully saturated rings. The van der Waals surface area contributed by atoms with Crippen LogP contribution in [0.3, 0.4) is 0 Å². The molecule has 0 saturated heterocycles. The zero-order valence-corrected chi connectivity index (χ0v) is 7.37. The van der Waals surface area contributed by atoms with E-state index in [2.05, 4.69) is 9.97 Å². The number of hydrogen-bond acceptors (Lipinski definition) is 3. The molecule has 1 aromatic heterocycles. The van der Waals surface area contributed by atoms with Crippen LogP contribution in [0.1, 0.15) is 24.7 Å². The fourth-order valence-electron chi connectivity index (χ4n) is 0.976. The molecule has 0 aliphatic carbocycles. The molecule has 3 heteroatoms. The predicted molar refractivity (Wildman–Crippen MR) is 45.8 cm³/mol. The molecule has 0 spiro atoms. The van der Waals surface area contributed by atoms with E-state index in [4.69, 9.17) is 0 Å². The minimum atomic E-state index is 0.194. The van der Waals surface area contributed by atoms with Crippen LogP contribution in [0, 0.1) is 6.92 Å². The van der Waals surface area contributed by atoms with Crippen LogP contribution in [0.15, 0.2) is 12.4 Å². The van der Waals surface area contributed by atoms with Gasteiger partial charge < -0.3 is 4.79 Å². The first kappa shape index (κ1) is 8.84. The van der Waals surface area contributed by atoms with Gasteiger partial charge in [0.1, 0.15) is 5.78 Å². The number of nitrogens with zero attached hydrogens (tertiary/aromatic N) is 2. The molecular formula is C9H12N2O. The molecule has 64 valence electrons. The smallest absolute Gasteiger partial charge is 0.130 e. The molecule has 1 rings (SSSR count). The molecule has 0 amide bonds. The number of ketones is 1. The normalized spacial score (nSPS) is 9.83. The summed E-state index contributed by atoms with van der Waals surface area (Å²) in [5, 5.41) is 0. The van der Waals surface area contributed by atoms with Gasteiger partial charge in [-0.25, -0.2) is 0 Å². The molecule has 0 N–H and O–H groups in total. The second-order valence-corrected chi connectivity index (χ2v) is 2.79. The molecule has 0 bridgehead atoms. The van der Waals surface area contributed by atoms with Crippen LogP contribution in [0.25, 0.3) is 0 Å². The van der Waals surface area contributed by atoms with Crippen LogP contribution in [0.4, 0.5) is 0 Å². The van der Waals surface area contributed by atoms with E-state index in [-0.39, 0.29) is 5.78 Å². The average Bonchev–Trinajstić information content (AvgIpc) is 2.03. The average molecular weight is 164 g/mol. The summed E-state index contributed by atoms with van der Waals surface area (Å²) in [6.07, 6.45) is 4.57. The Balaban J connectivity index is 2.63. The molecule has 3 nitrogen and oxygen atoms in total. The van der Waals surface area contributed by atoms with Crippen LogP contribution < -0.4 is 0 Å². The van der Waals surface area contributed by atoms with Gasteiger partial charge in [0, 0.05) is 18.8 Å². The van der Waals surface area contributed by atoms with Crippen molar-refractivity contribution in [1.82, 2.24) is 9.97 Å². The Morgan fingerprint density at radius 1 is 1.42 bits per heavy atom. The topological polar surface area (TPSA) is 42.9 Å². The van der Waals surface area contributed by atoms with Crippen LogP contribution in [0.5, 0.6) is 0 Å². The number of aryl methyl sites for hydroxylation is 2. The first-order valence-corrected chi connectivity index (χ1v) is 3.96. The minimum absolute atomic E-state index is 0.194. The second kappa shape index (κ2) is 3.95. The van der Waals surface area contributed by atoms with Gasteiger partial charge in [-0.15, -0.1) is 0 Å². The molecule has 12 heavy (non-hydrogen) atoms. The van der Waals surface area contributed by atoms with Gasteiger partial charge in [-0.2, -0.15) is 0 Å². The highest BCUT2D eigenvalue weighted by Crippen LogP contribution is 2.02. The number of hydrogen-bond donors (Lipinski definition) is 0. The highest BCUT2D eigenvalue weighted by atomic mass is 16.1. The third-order valence-corrected chi connectivity index (χ3v) is 1.70. The Morgan fingerprint density at radius 3 is 2.67 bits per heavy atom. The zero-order chi connectivity index (χ0) is 8.97. The number of aromatic nitrogens is 2. The number of carbonyl (C=O) groups excluding carboxylic acids is 1. The largest absolute Gasteiger partial charge is 0.300 e. The molecule has 0 unspecified atom stereocenters. The fourth-order valence-corrected chi connectivity index (χ4v) is 0.976. The summed E-state index contributed by atoms with van der Waals surface area (Å²) < 4.78 is 0. The van der Waals surface area contributed by atoms with Gasteiger partial charge in [0.2, 0.25) is 0 Å². The first-order chi connectivity index (χ1) is 5.70. The standard InChI is InChI=1S/C9H12N2O/c1-7(12)3-4-9-8(2)10-5-6-11-9/h5-6H,3-4H2,1-2H3. The lowest BCUT2D eigenvalue weighted by molar-refractivity contribution is -0.116. The predicted octanol–water partition coefficient (Wildman–Crippen LogP) is 1.31. The SMILES string of the molecule is CC(=O)CCc1nccnc1C. The molecule has 1 heterocycles. The van der Waals surface area contributed by atoms with E-state index in [0.29, 0.717) is 12.8 Å². The van der Waals surface area contributed by atoms with Gasteiger partial charge in [-0.05, 0) is 20.3 Å². The lowest BCUT2D eigenvalue weighted by Crippen LogP contribution is -1.99. The number of Topliss-reactive ketones (excluding diaryl/α,β-unsaturated/α-hetero) is 1. The van der Waals surface area contributed by atoms with Crippen molar-refractivity contribution in [3.63, 3.8) is 0 Å². The van der Waals surface area contributed by atoms with Crippen molar-refractivity contribution < 1.29 is 4.79 Å². The molecular weight excluding hydrogens is 152 g/mol. The lowest BCUT2D eigenvalue weighted by atomic mass is 10.1. The highest BCUT2D eigenvalue weighted by molar-refractivity contribution is 5.75. The summed E-state index contributed by atoms with van der Waals surface area (Å²) in [6.45, 7) is 3.49. The van der Waals surface area contributed by atoms with Crippen molar-refractivity contribution in [2.45, 2.75) is 26.7 Å². The Morgan fingerprint density at radius 2 is 2.08 bits per heavy atom. The monoisotopic (exact) mass is 164 g/mol. The van der Waals surface area contributed by atoms with Crippen LogP contribution >= 0.6 is 0 Å². The van der Waals surface area contributed by atoms with Crippen molar-refractivity contribution in [1.29, 1.82) is 0 Å². The van der Waals surface area contributed by atoms with Gasteiger partial charge in [-0.3, -0.25) is 9.97 Å². The third kappa shape index (κ3) is 2.42. The molecule has 0 radical (unpaired) electrons. The Bertz CT molecular complexity index is 284. The van der Waals surface area contributed by atoms with E-state index >= 15 is 0 Å². The maximum absolute atomic E-state index is 10.7. The molecule has 0 saturated carbocycles. The van der Waals surface area contributed by atoms with E-state index in [1.165, 1.54) is 0 Å². The van der Waals surface area contributed by atoms with Crippen molar-refractivity contribution >= 4 is 5.78 Å². The Labute approximate surface area is 71.9 Å². The van der Waals surface area contributed by atoms with Crippen LogP contribution in [0.2, 0.25) is 0 Å². The molecule has 0 aliphatic rings. The van der Waals surface area contributed by atoms with E-state index in [1.54, 1.807) is 19.3 Å². The molecule has 0 aromatic carbocycles. The highest BCUT2D eigenvalue weighted by Gasteiger charge is 2.01. The van der Waals surface area contributed by atoms with E-state index < -0.39 is 0 Å². The molecule has 1 aromatic rings. The summed E-state index contributed by atoms with van der Waals surface area (Å²) in [5.41, 5.74) is 1.84. The van der Waals surface area contributed by atoms with Crippen molar-refractivity contribution in [3.05, 3.63) is 23.8 Å². The van der Waals surface area contributed by atoms with Crippen molar-refractivity contribution in [2.75, 3.05) is 0 Å². The number of carbonyl (C=O) groups is 1. The maximum Gasteiger partial charge on any atom is 0.130 e. The Kier molecular flexibility index (Phi) is 2.91. The summed E-state index contributed by atoms with van der Waals surface area (Å²) in [4.78, 5) is 18.9. The van der Waals surface area contributed by atoms with Gasteiger partial charge in [0.05, 0.1) is 11.4 Å². The van der Waals surface area contributed by atoms with Gasteiger partial charge in [-0.1, -0.05) is 0 Å². The van der Waals surface area contributed by atoms with E-state index in [0.717, 1.165) is 11.4 Å². The second-order valence-electron chi connectivity index (χ2n) is 2.79. The van der Waals surface area contributed by atoms with E-state index in [1.807, 2.05) is 6.92 Å². The van der Waals surface area contributed by atoms with Crippen LogP contribution in [-0.2, 0) is 11.2 Å². The quantitative estimate of drug-likeness (QED) is 0.676. The van der Waals surface area contributed by atoms with Gasteiger partial charge in [0.25, 0.3) is 0 Å². The summed E-state index contributed by atoms with van der Waals surface area (Å²) >= 11 is 0. The van der Waals surface area contributed by atoms with Gasteiger partial charge in [0.15, 0.2) is 0 Å². The lowest BCUT2D eigenvalue weighted by Gasteiger charge is -2.00. The third-order valence-electron chi connectivity index (χ3n) is 1.70. The zero-order valence-electron chi connectivity index (χ0n) is 7.37. The summed E-state index contributed by atoms with van der Waals surface area (Å²) in [7, 11) is 0. The minimum Gasteiger partial charge on any atom is -0.300 e. The summed E-state index contributed by atoms with van der Waals surface area (Å²) in [5.74, 6) is 0.194. The van der Waals surface area contributed by atoms with E-state index in [9.17, 15) is 4.79 Å². The maximum atomic E-state index is 10.7. The summed E-state index contributed by atoms with van der Waals surface area (Å²) in [6, 6.07) is 0. The molecule has 0 aliphatic heterocycles. The van der Waals surface area contributed by atoms with Crippen molar-refractivity contribution in [3.8, 4) is 0 Å². The molecule has 0 atom stereocenters. The Hall–Kier alpha value is -1.25. The number of rotatable bonds is 3.